The summed E-state index contributed by atoms with van der Waals surface area (Å²) in [5, 5.41) is 0. The van der Waals surface area contributed by atoms with Crippen LogP contribution in [-0.2, 0) is 14.3 Å². The lowest BCUT2D eigenvalue weighted by atomic mass is 10.2. The molecule has 0 aliphatic heterocycles. The van der Waals surface area contributed by atoms with Gasteiger partial charge < -0.3 is 9.47 Å². The maximum Gasteiger partial charge on any atom is 0.333 e. The number of ether oxygens (including phenoxy) is 2. The minimum Gasteiger partial charge on any atom is -0.466 e. The smallest absolute Gasteiger partial charge is 0.333 e. The zero-order valence-electron chi connectivity index (χ0n) is 9.34. The molecule has 0 radical (unpaired) electrons. The molecule has 0 bridgehead atoms. The highest BCUT2D eigenvalue weighted by Gasteiger charge is 2.00. The second-order valence-electron chi connectivity index (χ2n) is 3.13. The SMILES string of the molecule is CCCCOCCC=C(C)C(=O)OC. The first-order chi connectivity index (χ1) is 6.72. The van der Waals surface area contributed by atoms with E-state index >= 15 is 0 Å². The fourth-order valence-electron chi connectivity index (χ4n) is 0.952. The molecule has 0 aliphatic carbocycles. The van der Waals surface area contributed by atoms with Crippen LogP contribution in [0.25, 0.3) is 0 Å². The second kappa shape index (κ2) is 8.75. The van der Waals surface area contributed by atoms with Gasteiger partial charge in [-0.3, -0.25) is 0 Å². The average Bonchev–Trinajstić information content (AvgIpc) is 2.21. The van der Waals surface area contributed by atoms with Gasteiger partial charge in [0, 0.05) is 12.2 Å². The predicted octanol–water partition coefficient (Wildman–Crippen LogP) is 2.31. The van der Waals surface area contributed by atoms with Crippen LogP contribution in [0.1, 0.15) is 33.1 Å². The number of methoxy groups -OCH3 is 1. The van der Waals surface area contributed by atoms with Gasteiger partial charge in [0.15, 0.2) is 0 Å². The van der Waals surface area contributed by atoms with Gasteiger partial charge in [-0.2, -0.15) is 0 Å². The molecule has 0 aromatic carbocycles. The van der Waals surface area contributed by atoms with Gasteiger partial charge in [0.05, 0.1) is 13.7 Å². The van der Waals surface area contributed by atoms with Crippen molar-refractivity contribution < 1.29 is 14.3 Å². The highest BCUT2D eigenvalue weighted by molar-refractivity contribution is 5.87. The molecule has 82 valence electrons. The van der Waals surface area contributed by atoms with Gasteiger partial charge in [0.25, 0.3) is 0 Å². The van der Waals surface area contributed by atoms with Crippen LogP contribution < -0.4 is 0 Å². The largest absolute Gasteiger partial charge is 0.466 e. The highest BCUT2D eigenvalue weighted by Crippen LogP contribution is 1.98. The van der Waals surface area contributed by atoms with Crippen molar-refractivity contribution in [1.29, 1.82) is 0 Å². The summed E-state index contributed by atoms with van der Waals surface area (Å²) in [7, 11) is 1.39. The summed E-state index contributed by atoms with van der Waals surface area (Å²) < 4.78 is 9.90. The van der Waals surface area contributed by atoms with Gasteiger partial charge >= 0.3 is 5.97 Å². The fourth-order valence-corrected chi connectivity index (χ4v) is 0.952. The lowest BCUT2D eigenvalue weighted by molar-refractivity contribution is -0.136. The maximum atomic E-state index is 10.9. The lowest BCUT2D eigenvalue weighted by Crippen LogP contribution is -2.02. The fraction of sp³-hybridized carbons (Fsp3) is 0.727. The van der Waals surface area contributed by atoms with E-state index in [9.17, 15) is 4.79 Å². The molecule has 3 heteroatoms. The Morgan fingerprint density at radius 1 is 1.36 bits per heavy atom. The van der Waals surface area contributed by atoms with Crippen LogP contribution in [0.3, 0.4) is 0 Å². The molecule has 0 aromatic rings. The molecule has 0 spiro atoms. The number of carbonyl (C=O) groups excluding carboxylic acids is 1. The summed E-state index contributed by atoms with van der Waals surface area (Å²) >= 11 is 0. The van der Waals surface area contributed by atoms with Crippen molar-refractivity contribution in [2.45, 2.75) is 33.1 Å². The first-order valence-electron chi connectivity index (χ1n) is 5.05. The zero-order valence-corrected chi connectivity index (χ0v) is 9.34. The minimum absolute atomic E-state index is 0.265. The lowest BCUT2D eigenvalue weighted by Gasteiger charge is -2.01. The molecule has 0 unspecified atom stereocenters. The molecule has 0 saturated heterocycles. The van der Waals surface area contributed by atoms with Gasteiger partial charge in [-0.15, -0.1) is 0 Å². The maximum absolute atomic E-state index is 10.9. The van der Waals surface area contributed by atoms with Crippen molar-refractivity contribution >= 4 is 5.97 Å². The van der Waals surface area contributed by atoms with E-state index in [0.29, 0.717) is 12.2 Å². The Balaban J connectivity index is 3.46. The third kappa shape index (κ3) is 6.66. The number of unbranched alkanes of at least 4 members (excludes halogenated alkanes) is 1. The van der Waals surface area contributed by atoms with Crippen LogP contribution in [-0.4, -0.2) is 26.3 Å². The van der Waals surface area contributed by atoms with E-state index in [0.717, 1.165) is 25.9 Å². The quantitative estimate of drug-likeness (QED) is 0.359. The molecule has 0 heterocycles. The molecule has 0 N–H and O–H groups in total. The molecular formula is C11H20O3. The summed E-state index contributed by atoms with van der Waals surface area (Å²) in [4.78, 5) is 10.9. The molecule has 0 amide bonds. The number of hydrogen-bond donors (Lipinski definition) is 0. The normalized spacial score (nSPS) is 11.5. The van der Waals surface area contributed by atoms with Crippen LogP contribution >= 0.6 is 0 Å². The van der Waals surface area contributed by atoms with Gasteiger partial charge in [-0.1, -0.05) is 19.4 Å². The van der Waals surface area contributed by atoms with Crippen LogP contribution in [0.4, 0.5) is 0 Å². The Kier molecular flexibility index (Phi) is 8.24. The van der Waals surface area contributed by atoms with Crippen LogP contribution in [0, 0.1) is 0 Å². The Morgan fingerprint density at radius 3 is 2.64 bits per heavy atom. The summed E-state index contributed by atoms with van der Waals surface area (Å²) in [6.07, 6.45) is 4.86. The summed E-state index contributed by atoms with van der Waals surface area (Å²) in [6, 6.07) is 0. The van der Waals surface area contributed by atoms with Crippen LogP contribution in [0.5, 0.6) is 0 Å². The van der Waals surface area contributed by atoms with E-state index in [-0.39, 0.29) is 5.97 Å². The summed E-state index contributed by atoms with van der Waals surface area (Å²) in [6.45, 7) is 5.36. The minimum atomic E-state index is -0.265. The van der Waals surface area contributed by atoms with Gasteiger partial charge in [-0.25, -0.2) is 4.79 Å². The van der Waals surface area contributed by atoms with Gasteiger partial charge in [-0.05, 0) is 19.8 Å². The zero-order chi connectivity index (χ0) is 10.8. The van der Waals surface area contributed by atoms with E-state index in [1.807, 2.05) is 6.08 Å². The first-order valence-corrected chi connectivity index (χ1v) is 5.05. The first kappa shape index (κ1) is 13.2. The Labute approximate surface area is 86.1 Å². The van der Waals surface area contributed by atoms with E-state index < -0.39 is 0 Å². The highest BCUT2D eigenvalue weighted by atomic mass is 16.5. The number of rotatable bonds is 7. The van der Waals surface area contributed by atoms with Crippen molar-refractivity contribution in [3.8, 4) is 0 Å². The third-order valence-corrected chi connectivity index (χ3v) is 1.86. The Bertz CT molecular complexity index is 185. The van der Waals surface area contributed by atoms with Crippen molar-refractivity contribution in [2.75, 3.05) is 20.3 Å². The van der Waals surface area contributed by atoms with Crippen molar-refractivity contribution in [3.63, 3.8) is 0 Å². The Hall–Kier alpha value is -0.830. The van der Waals surface area contributed by atoms with Crippen LogP contribution in [0.2, 0.25) is 0 Å². The molecule has 0 aromatic heterocycles. The van der Waals surface area contributed by atoms with Gasteiger partial charge in [0.2, 0.25) is 0 Å². The molecule has 0 fully saturated rings. The van der Waals surface area contributed by atoms with Crippen molar-refractivity contribution in [3.05, 3.63) is 11.6 Å². The van der Waals surface area contributed by atoms with Crippen molar-refractivity contribution in [2.24, 2.45) is 0 Å². The van der Waals surface area contributed by atoms with Crippen LogP contribution in [0.15, 0.2) is 11.6 Å². The van der Waals surface area contributed by atoms with E-state index in [2.05, 4.69) is 11.7 Å². The monoisotopic (exact) mass is 200 g/mol. The third-order valence-electron chi connectivity index (χ3n) is 1.86. The topological polar surface area (TPSA) is 35.5 Å². The van der Waals surface area contributed by atoms with E-state index in [4.69, 9.17) is 4.74 Å². The molecule has 0 atom stereocenters. The molecule has 3 nitrogen and oxygen atoms in total. The second-order valence-corrected chi connectivity index (χ2v) is 3.13. The molecule has 0 saturated carbocycles. The van der Waals surface area contributed by atoms with E-state index in [1.165, 1.54) is 7.11 Å². The van der Waals surface area contributed by atoms with E-state index in [1.54, 1.807) is 6.92 Å². The van der Waals surface area contributed by atoms with Crippen molar-refractivity contribution in [1.82, 2.24) is 0 Å². The Morgan fingerprint density at radius 2 is 2.07 bits per heavy atom. The predicted molar refractivity (Wildman–Crippen MR) is 56.1 cm³/mol. The average molecular weight is 200 g/mol. The number of hydrogen-bond acceptors (Lipinski definition) is 3. The molecule has 0 rings (SSSR count). The van der Waals surface area contributed by atoms with Gasteiger partial charge in [0.1, 0.15) is 0 Å². The molecular weight excluding hydrogens is 180 g/mol. The standard InChI is InChI=1S/C11H20O3/c1-4-5-8-14-9-6-7-10(2)11(12)13-3/h7H,4-6,8-9H2,1-3H3. The number of carbonyl (C=O) groups is 1. The molecule has 14 heavy (non-hydrogen) atoms. The summed E-state index contributed by atoms with van der Waals surface area (Å²) in [5.41, 5.74) is 0.645. The molecule has 0 aliphatic rings. The summed E-state index contributed by atoms with van der Waals surface area (Å²) in [5.74, 6) is -0.265. The number of esters is 1.